The van der Waals surface area contributed by atoms with E-state index in [9.17, 15) is 9.59 Å². The number of amides is 1. The summed E-state index contributed by atoms with van der Waals surface area (Å²) in [6, 6.07) is 0.303. The number of rotatable bonds is 6. The molecule has 1 aliphatic carbocycles. The van der Waals surface area contributed by atoms with E-state index in [0.717, 1.165) is 18.8 Å². The second-order valence-corrected chi connectivity index (χ2v) is 5.60. The first kappa shape index (κ1) is 15.0. The number of hydrogen-bond donors (Lipinski definition) is 2. The first-order valence-electron chi connectivity index (χ1n) is 7.02. The Balaban J connectivity index is 2.22. The van der Waals surface area contributed by atoms with Crippen LogP contribution < -0.4 is 5.32 Å². The summed E-state index contributed by atoms with van der Waals surface area (Å²) in [6.07, 6.45) is 6.15. The van der Waals surface area contributed by atoms with Crippen molar-refractivity contribution in [3.8, 4) is 0 Å². The molecule has 18 heavy (non-hydrogen) atoms. The first-order valence-corrected chi connectivity index (χ1v) is 7.02. The monoisotopic (exact) mass is 255 g/mol. The molecular weight excluding hydrogens is 230 g/mol. The second-order valence-electron chi connectivity index (χ2n) is 5.60. The Morgan fingerprint density at radius 2 is 1.83 bits per heavy atom. The molecule has 2 N–H and O–H groups in total. The zero-order chi connectivity index (χ0) is 13.5. The van der Waals surface area contributed by atoms with Gasteiger partial charge >= 0.3 is 5.97 Å². The molecule has 4 heteroatoms. The van der Waals surface area contributed by atoms with Crippen LogP contribution in [0.25, 0.3) is 0 Å². The van der Waals surface area contributed by atoms with Gasteiger partial charge in [-0.15, -0.1) is 0 Å². The standard InChI is InChI=1S/C14H25NO3/c1-3-11-4-6-12(7-5-11)15-13(16)8-10(2)9-14(17)18/h10-12H,3-9H2,1-2H3,(H,15,16)(H,17,18). The number of hydrogen-bond acceptors (Lipinski definition) is 2. The van der Waals surface area contributed by atoms with E-state index in [4.69, 9.17) is 5.11 Å². The Bertz CT molecular complexity index is 283. The summed E-state index contributed by atoms with van der Waals surface area (Å²) in [6.45, 7) is 4.03. The Morgan fingerprint density at radius 3 is 2.33 bits per heavy atom. The minimum atomic E-state index is -0.834. The molecular formula is C14H25NO3. The van der Waals surface area contributed by atoms with Gasteiger partial charge in [0.2, 0.25) is 5.91 Å². The van der Waals surface area contributed by atoms with Gasteiger partial charge in [-0.1, -0.05) is 20.3 Å². The lowest BCUT2D eigenvalue weighted by atomic mass is 9.84. The SMILES string of the molecule is CCC1CCC(NC(=O)CC(C)CC(=O)O)CC1. The molecule has 104 valence electrons. The summed E-state index contributed by atoms with van der Waals surface area (Å²) in [5.41, 5.74) is 0. The highest BCUT2D eigenvalue weighted by Gasteiger charge is 2.22. The molecule has 0 saturated heterocycles. The predicted octanol–water partition coefficient (Wildman–Crippen LogP) is 2.57. The summed E-state index contributed by atoms with van der Waals surface area (Å²) in [5.74, 6) is -0.0963. The van der Waals surface area contributed by atoms with E-state index >= 15 is 0 Å². The van der Waals surface area contributed by atoms with Crippen molar-refractivity contribution in [3.63, 3.8) is 0 Å². The van der Waals surface area contributed by atoms with Gasteiger partial charge in [0.1, 0.15) is 0 Å². The number of carboxylic acid groups (broad SMARTS) is 1. The summed E-state index contributed by atoms with van der Waals surface area (Å²) < 4.78 is 0. The van der Waals surface area contributed by atoms with Gasteiger partial charge in [0, 0.05) is 18.9 Å². The molecule has 0 radical (unpaired) electrons. The predicted molar refractivity (Wildman–Crippen MR) is 70.2 cm³/mol. The minimum Gasteiger partial charge on any atom is -0.481 e. The number of carboxylic acids is 1. The van der Waals surface area contributed by atoms with E-state index in [2.05, 4.69) is 12.2 Å². The summed E-state index contributed by atoms with van der Waals surface area (Å²) in [4.78, 5) is 22.3. The van der Waals surface area contributed by atoms with Crippen LogP contribution in [0, 0.1) is 11.8 Å². The lowest BCUT2D eigenvalue weighted by Crippen LogP contribution is -2.38. The highest BCUT2D eigenvalue weighted by atomic mass is 16.4. The van der Waals surface area contributed by atoms with Crippen LogP contribution in [0.5, 0.6) is 0 Å². The molecule has 0 aromatic rings. The van der Waals surface area contributed by atoms with Gasteiger partial charge in [-0.3, -0.25) is 9.59 Å². The molecule has 0 aromatic carbocycles. The fourth-order valence-electron chi connectivity index (χ4n) is 2.69. The number of aliphatic carboxylic acids is 1. The van der Waals surface area contributed by atoms with E-state index in [1.165, 1.54) is 19.3 Å². The van der Waals surface area contributed by atoms with Crippen molar-refractivity contribution in [3.05, 3.63) is 0 Å². The molecule has 0 heterocycles. The molecule has 0 aliphatic heterocycles. The summed E-state index contributed by atoms with van der Waals surface area (Å²) in [7, 11) is 0. The summed E-state index contributed by atoms with van der Waals surface area (Å²) in [5, 5.41) is 11.7. The molecule has 1 fully saturated rings. The molecule has 1 amide bonds. The number of carbonyl (C=O) groups is 2. The fraction of sp³-hybridized carbons (Fsp3) is 0.857. The van der Waals surface area contributed by atoms with Crippen LogP contribution in [0.1, 0.15) is 58.8 Å². The van der Waals surface area contributed by atoms with Gasteiger partial charge in [0.25, 0.3) is 0 Å². The smallest absolute Gasteiger partial charge is 0.303 e. The third-order valence-corrected chi connectivity index (χ3v) is 3.85. The van der Waals surface area contributed by atoms with Crippen molar-refractivity contribution in [2.75, 3.05) is 0 Å². The topological polar surface area (TPSA) is 66.4 Å². The van der Waals surface area contributed by atoms with Crippen LogP contribution in [0.2, 0.25) is 0 Å². The maximum atomic E-state index is 11.8. The largest absolute Gasteiger partial charge is 0.481 e. The molecule has 4 nitrogen and oxygen atoms in total. The maximum absolute atomic E-state index is 11.8. The molecule has 1 saturated carbocycles. The van der Waals surface area contributed by atoms with Crippen LogP contribution >= 0.6 is 0 Å². The van der Waals surface area contributed by atoms with Crippen LogP contribution in [0.15, 0.2) is 0 Å². The molecule has 1 atom stereocenters. The molecule has 0 spiro atoms. The van der Waals surface area contributed by atoms with E-state index < -0.39 is 5.97 Å². The van der Waals surface area contributed by atoms with E-state index in [1.54, 1.807) is 0 Å². The van der Waals surface area contributed by atoms with Crippen molar-refractivity contribution in [2.45, 2.75) is 64.8 Å². The highest BCUT2D eigenvalue weighted by molar-refractivity contribution is 5.77. The van der Waals surface area contributed by atoms with Crippen molar-refractivity contribution in [2.24, 2.45) is 11.8 Å². The summed E-state index contributed by atoms with van der Waals surface area (Å²) >= 11 is 0. The van der Waals surface area contributed by atoms with Crippen molar-refractivity contribution in [1.82, 2.24) is 5.32 Å². The lowest BCUT2D eigenvalue weighted by Gasteiger charge is -2.28. The molecule has 0 aromatic heterocycles. The van der Waals surface area contributed by atoms with Crippen molar-refractivity contribution < 1.29 is 14.7 Å². The van der Waals surface area contributed by atoms with Gasteiger partial charge in [0.15, 0.2) is 0 Å². The van der Waals surface area contributed by atoms with Gasteiger partial charge in [-0.25, -0.2) is 0 Å². The molecule has 0 bridgehead atoms. The highest BCUT2D eigenvalue weighted by Crippen LogP contribution is 2.26. The Hall–Kier alpha value is -1.06. The Labute approximate surface area is 109 Å². The van der Waals surface area contributed by atoms with Crippen LogP contribution in [-0.4, -0.2) is 23.0 Å². The Morgan fingerprint density at radius 1 is 1.22 bits per heavy atom. The third kappa shape index (κ3) is 5.52. The first-order chi connectivity index (χ1) is 8.51. The van der Waals surface area contributed by atoms with Crippen LogP contribution in [0.4, 0.5) is 0 Å². The van der Waals surface area contributed by atoms with Crippen LogP contribution in [0.3, 0.4) is 0 Å². The Kier molecular flexibility index (Phi) is 6.16. The number of carbonyl (C=O) groups excluding carboxylic acids is 1. The zero-order valence-corrected chi connectivity index (χ0v) is 11.4. The van der Waals surface area contributed by atoms with Crippen molar-refractivity contribution >= 4 is 11.9 Å². The quantitative estimate of drug-likeness (QED) is 0.766. The van der Waals surface area contributed by atoms with Crippen LogP contribution in [-0.2, 0) is 9.59 Å². The van der Waals surface area contributed by atoms with E-state index in [-0.39, 0.29) is 18.2 Å². The van der Waals surface area contributed by atoms with Gasteiger partial charge in [-0.05, 0) is 37.5 Å². The fourth-order valence-corrected chi connectivity index (χ4v) is 2.69. The van der Waals surface area contributed by atoms with Gasteiger partial charge in [0.05, 0.1) is 0 Å². The normalized spacial score (nSPS) is 25.4. The number of nitrogens with one attached hydrogen (secondary N) is 1. The van der Waals surface area contributed by atoms with Gasteiger partial charge in [-0.2, -0.15) is 0 Å². The molecule has 1 unspecified atom stereocenters. The van der Waals surface area contributed by atoms with Crippen molar-refractivity contribution in [1.29, 1.82) is 0 Å². The van der Waals surface area contributed by atoms with Gasteiger partial charge < -0.3 is 10.4 Å². The molecule has 1 aliphatic rings. The maximum Gasteiger partial charge on any atom is 0.303 e. The third-order valence-electron chi connectivity index (χ3n) is 3.85. The second kappa shape index (κ2) is 7.39. The average molecular weight is 255 g/mol. The average Bonchev–Trinajstić information content (AvgIpc) is 2.28. The molecule has 1 rings (SSSR count). The van der Waals surface area contributed by atoms with E-state index in [1.807, 2.05) is 6.92 Å². The van der Waals surface area contributed by atoms with E-state index in [0.29, 0.717) is 12.5 Å². The zero-order valence-electron chi connectivity index (χ0n) is 11.4. The minimum absolute atomic E-state index is 0.00342. The lowest BCUT2D eigenvalue weighted by molar-refractivity contribution is -0.138.